The van der Waals surface area contributed by atoms with Crippen molar-refractivity contribution in [2.45, 2.75) is 6.92 Å². The third kappa shape index (κ3) is 60.5. The topological polar surface area (TPSA) is 23.1 Å². The van der Waals surface area contributed by atoms with Crippen LogP contribution in [-0.2, 0) is 0 Å². The fourth-order valence-corrected chi connectivity index (χ4v) is 0. The summed E-state index contributed by atoms with van der Waals surface area (Å²) in [6.45, 7) is 1.57. The molecule has 29 valence electrons. The molecule has 0 fully saturated rings. The molecule has 3 heteroatoms. The molecule has 0 heterocycles. The van der Waals surface area contributed by atoms with E-state index in [0.29, 0.717) is 0 Å². The summed E-state index contributed by atoms with van der Waals surface area (Å²) >= 11 is 0. The van der Waals surface area contributed by atoms with Gasteiger partial charge in [-0.05, 0) is 0 Å². The molecule has 0 saturated heterocycles. The Bertz CT molecular complexity index is 9.61. The summed E-state index contributed by atoms with van der Waals surface area (Å²) < 4.78 is 0. The van der Waals surface area contributed by atoms with E-state index in [0.717, 1.165) is 0 Å². The summed E-state index contributed by atoms with van der Waals surface area (Å²) in [6, 6.07) is 0. The van der Waals surface area contributed by atoms with E-state index in [1.54, 1.807) is 6.92 Å². The fraction of sp³-hybridized carbons (Fsp3) is 1.00. The SMILES string of the molecule is CC[O-].[Al+2].[Cl-]. The molecule has 1 nitrogen and oxygen atoms in total. The van der Waals surface area contributed by atoms with Gasteiger partial charge >= 0.3 is 17.4 Å². The summed E-state index contributed by atoms with van der Waals surface area (Å²) in [7, 11) is 0. The van der Waals surface area contributed by atoms with Crippen LogP contribution < -0.4 is 17.5 Å². The van der Waals surface area contributed by atoms with Gasteiger partial charge in [-0.15, -0.1) is 6.61 Å². The molecule has 1 radical (unpaired) electrons. The Morgan fingerprint density at radius 3 is 1.60 bits per heavy atom. The van der Waals surface area contributed by atoms with E-state index in [-0.39, 0.29) is 36.4 Å². The summed E-state index contributed by atoms with van der Waals surface area (Å²) in [6.07, 6.45) is 0. The van der Waals surface area contributed by atoms with Crippen molar-refractivity contribution in [3.63, 3.8) is 0 Å². The fourth-order valence-electron chi connectivity index (χ4n) is 0. The van der Waals surface area contributed by atoms with Crippen LogP contribution in [0.5, 0.6) is 0 Å². The van der Waals surface area contributed by atoms with Crippen LogP contribution in [0.15, 0.2) is 0 Å². The van der Waals surface area contributed by atoms with Crippen molar-refractivity contribution >= 4 is 17.4 Å². The number of halogens is 1. The summed E-state index contributed by atoms with van der Waals surface area (Å²) in [5, 5.41) is 8.93. The largest absolute Gasteiger partial charge is 2.00 e. The van der Waals surface area contributed by atoms with Gasteiger partial charge in [-0.2, -0.15) is 0 Å². The second-order valence-electron chi connectivity index (χ2n) is 0.289. The Labute approximate surface area is 48.9 Å². The van der Waals surface area contributed by atoms with Crippen LogP contribution in [0, 0.1) is 0 Å². The molecule has 0 spiro atoms. The van der Waals surface area contributed by atoms with Crippen LogP contribution in [0.3, 0.4) is 0 Å². The Morgan fingerprint density at radius 2 is 1.60 bits per heavy atom. The van der Waals surface area contributed by atoms with Gasteiger partial charge in [0.15, 0.2) is 0 Å². The van der Waals surface area contributed by atoms with Crippen LogP contribution >= 0.6 is 0 Å². The van der Waals surface area contributed by atoms with Crippen molar-refractivity contribution in [3.05, 3.63) is 0 Å². The average Bonchev–Trinajstić information content (AvgIpc) is 0.918. The number of rotatable bonds is 0. The van der Waals surface area contributed by atoms with Gasteiger partial charge in [0, 0.05) is 0 Å². The van der Waals surface area contributed by atoms with E-state index in [9.17, 15) is 0 Å². The molecule has 0 bridgehead atoms. The van der Waals surface area contributed by atoms with E-state index in [2.05, 4.69) is 0 Å². The van der Waals surface area contributed by atoms with Gasteiger partial charge in [0.2, 0.25) is 0 Å². The standard InChI is InChI=1S/C2H5O.Al.ClH/c1-2-3;;/h2H2,1H3;;1H/q-1;+2;/p-1. The monoisotopic (exact) mass is 107 g/mol. The van der Waals surface area contributed by atoms with Gasteiger partial charge in [-0.25, -0.2) is 0 Å². The predicted molar refractivity (Wildman–Crippen MR) is 16.3 cm³/mol. The Morgan fingerprint density at radius 1 is 1.60 bits per heavy atom. The first-order valence-corrected chi connectivity index (χ1v) is 0.996. The first kappa shape index (κ1) is 17.1. The second-order valence-corrected chi connectivity index (χ2v) is 0.289. The minimum absolute atomic E-state index is 0. The molecular formula is C2H5AlClO. The summed E-state index contributed by atoms with van der Waals surface area (Å²) in [5.41, 5.74) is 0. The molecule has 0 aliphatic rings. The van der Waals surface area contributed by atoms with Crippen molar-refractivity contribution in [1.82, 2.24) is 0 Å². The normalized spacial score (nSPS) is 3.60. The van der Waals surface area contributed by atoms with Crippen molar-refractivity contribution in [1.29, 1.82) is 0 Å². The van der Waals surface area contributed by atoms with Crippen LogP contribution in [-0.4, -0.2) is 24.0 Å². The van der Waals surface area contributed by atoms with Crippen molar-refractivity contribution in [2.24, 2.45) is 0 Å². The molecule has 0 atom stereocenters. The van der Waals surface area contributed by atoms with E-state index >= 15 is 0 Å². The van der Waals surface area contributed by atoms with Gasteiger partial charge in [0.25, 0.3) is 0 Å². The Kier molecular flexibility index (Phi) is 73.6. The Hall–Kier alpha value is 0.782. The summed E-state index contributed by atoms with van der Waals surface area (Å²) in [5.74, 6) is 0. The first-order chi connectivity index (χ1) is 1.41. The molecular weight excluding hydrogens is 102 g/mol. The number of hydrogen-bond donors (Lipinski definition) is 0. The molecule has 0 saturated carbocycles. The maximum absolute atomic E-state index is 8.93. The second kappa shape index (κ2) is 21.5. The zero-order valence-corrected chi connectivity index (χ0v) is 4.98. The summed E-state index contributed by atoms with van der Waals surface area (Å²) in [4.78, 5) is 0. The van der Waals surface area contributed by atoms with E-state index < -0.39 is 0 Å². The molecule has 0 aromatic rings. The van der Waals surface area contributed by atoms with E-state index in [1.807, 2.05) is 0 Å². The molecule has 0 aliphatic heterocycles. The molecule has 0 amide bonds. The number of hydrogen-bond acceptors (Lipinski definition) is 1. The maximum Gasteiger partial charge on any atom is 2.00 e. The van der Waals surface area contributed by atoms with Crippen LogP contribution in [0.1, 0.15) is 6.92 Å². The zero-order chi connectivity index (χ0) is 2.71. The van der Waals surface area contributed by atoms with Gasteiger partial charge < -0.3 is 17.5 Å². The minimum atomic E-state index is 0. The van der Waals surface area contributed by atoms with Crippen LogP contribution in [0.25, 0.3) is 0 Å². The van der Waals surface area contributed by atoms with Crippen molar-refractivity contribution < 1.29 is 17.5 Å². The van der Waals surface area contributed by atoms with Crippen LogP contribution in [0.2, 0.25) is 0 Å². The zero-order valence-electron chi connectivity index (χ0n) is 3.07. The van der Waals surface area contributed by atoms with Crippen LogP contribution in [0.4, 0.5) is 0 Å². The quantitative estimate of drug-likeness (QED) is 0.289. The molecule has 0 aliphatic carbocycles. The molecule has 0 rings (SSSR count). The molecule has 0 unspecified atom stereocenters. The molecule has 0 aromatic carbocycles. The van der Waals surface area contributed by atoms with Gasteiger partial charge in [0.1, 0.15) is 0 Å². The molecule has 0 aromatic heterocycles. The van der Waals surface area contributed by atoms with Gasteiger partial charge in [0.05, 0.1) is 0 Å². The van der Waals surface area contributed by atoms with Gasteiger partial charge in [-0.1, -0.05) is 6.92 Å². The van der Waals surface area contributed by atoms with E-state index in [1.165, 1.54) is 0 Å². The third-order valence-electron chi connectivity index (χ3n) is 0. The molecule has 5 heavy (non-hydrogen) atoms. The molecule has 0 N–H and O–H groups in total. The average molecular weight is 107 g/mol. The van der Waals surface area contributed by atoms with Crippen molar-refractivity contribution in [3.8, 4) is 0 Å². The smallest absolute Gasteiger partial charge is 1.00 e. The van der Waals surface area contributed by atoms with Crippen molar-refractivity contribution in [2.75, 3.05) is 6.61 Å². The minimum Gasteiger partial charge on any atom is -1.00 e. The third-order valence-corrected chi connectivity index (χ3v) is 0. The Balaban J connectivity index is -0.0000000200. The van der Waals surface area contributed by atoms with E-state index in [4.69, 9.17) is 5.11 Å². The van der Waals surface area contributed by atoms with Gasteiger partial charge in [-0.3, -0.25) is 0 Å². The predicted octanol–water partition coefficient (Wildman–Crippen LogP) is -4.01. The first-order valence-electron chi connectivity index (χ1n) is 0.996. The maximum atomic E-state index is 8.93.